The van der Waals surface area contributed by atoms with Crippen LogP contribution in [0.5, 0.6) is 0 Å². The third-order valence-corrected chi connectivity index (χ3v) is 4.13. The van der Waals surface area contributed by atoms with Crippen LogP contribution in [0.25, 0.3) is 0 Å². The number of aliphatic hydroxyl groups excluding tert-OH is 1. The van der Waals surface area contributed by atoms with Gasteiger partial charge >= 0.3 is 5.97 Å². The fourth-order valence-corrected chi connectivity index (χ4v) is 3.22. The number of β-lactam (4-membered cyclic amide) rings is 1. The smallest absolute Gasteiger partial charge is 0.326 e. The molecule has 2 aliphatic heterocycles. The summed E-state index contributed by atoms with van der Waals surface area (Å²) in [7, 11) is 0. The van der Waals surface area contributed by atoms with Crippen molar-refractivity contribution in [2.45, 2.75) is 37.6 Å². The summed E-state index contributed by atoms with van der Waals surface area (Å²) < 4.78 is 0. The van der Waals surface area contributed by atoms with E-state index in [4.69, 9.17) is 11.5 Å². The van der Waals surface area contributed by atoms with Crippen molar-refractivity contribution in [3.8, 4) is 0 Å². The van der Waals surface area contributed by atoms with Gasteiger partial charge in [0.15, 0.2) is 0 Å². The molecule has 1 amide bonds. The number of fused-ring (bicyclic) bond motifs is 1. The quantitative estimate of drug-likeness (QED) is 0.429. The number of aliphatic hydroxyl groups is 1. The molecule has 0 radical (unpaired) electrons. The van der Waals surface area contributed by atoms with Gasteiger partial charge in [-0.05, 0) is 13.3 Å². The third kappa shape index (κ3) is 1.70. The first kappa shape index (κ1) is 13.3. The van der Waals surface area contributed by atoms with Crippen LogP contribution in [0.4, 0.5) is 0 Å². The van der Waals surface area contributed by atoms with Crippen LogP contribution >= 0.6 is 0 Å². The molecule has 2 heterocycles. The van der Waals surface area contributed by atoms with Gasteiger partial charge in [0.1, 0.15) is 6.04 Å². The molecule has 0 spiro atoms. The summed E-state index contributed by atoms with van der Waals surface area (Å²) in [5.41, 5.74) is 11.3. The molecule has 0 aromatic rings. The van der Waals surface area contributed by atoms with Crippen LogP contribution in [0, 0.1) is 11.8 Å². The second-order valence-corrected chi connectivity index (χ2v) is 5.16. The first-order valence-electron chi connectivity index (χ1n) is 6.08. The molecule has 2 unspecified atom stereocenters. The van der Waals surface area contributed by atoms with E-state index in [1.165, 1.54) is 4.90 Å². The highest BCUT2D eigenvalue weighted by atomic mass is 16.4. The van der Waals surface area contributed by atoms with Crippen molar-refractivity contribution >= 4 is 11.9 Å². The lowest BCUT2D eigenvalue weighted by Crippen LogP contribution is -2.65. The molecule has 2 saturated heterocycles. The highest BCUT2D eigenvalue weighted by molar-refractivity contribution is 5.92. The molecule has 6 N–H and O–H groups in total. The van der Waals surface area contributed by atoms with Crippen LogP contribution in [-0.2, 0) is 9.59 Å². The molecule has 6 atom stereocenters. The minimum absolute atomic E-state index is 0.183. The normalized spacial score (nSPS) is 38.0. The second-order valence-electron chi connectivity index (χ2n) is 5.16. The van der Waals surface area contributed by atoms with Gasteiger partial charge in [-0.15, -0.1) is 0 Å². The number of carboxylic acid groups (broad SMARTS) is 1. The van der Waals surface area contributed by atoms with Gasteiger partial charge in [0, 0.05) is 24.5 Å². The lowest BCUT2D eigenvalue weighted by molar-refractivity contribution is -0.170. The van der Waals surface area contributed by atoms with E-state index < -0.39 is 30.1 Å². The lowest BCUT2D eigenvalue weighted by Gasteiger charge is -2.45. The summed E-state index contributed by atoms with van der Waals surface area (Å²) in [4.78, 5) is 24.5. The molecule has 0 aromatic carbocycles. The van der Waals surface area contributed by atoms with Gasteiger partial charge in [0.2, 0.25) is 5.91 Å². The zero-order valence-corrected chi connectivity index (χ0v) is 10.2. The zero-order chi connectivity index (χ0) is 13.6. The van der Waals surface area contributed by atoms with E-state index in [2.05, 4.69) is 0 Å². The summed E-state index contributed by atoms with van der Waals surface area (Å²) in [6, 6.07) is -1.57. The standard InChI is InChI=1S/C11H19N3O4/c1-4(15)8-7-2-5(6(13)3-12)9(11(17)18)14(7)10(8)16/h4-9,15H,2-3,12-13H2,1H3,(H,17,18)/t4-,5?,6-,7-,8-,9?/m1/s1. The Hall–Kier alpha value is -1.18. The van der Waals surface area contributed by atoms with E-state index in [1.54, 1.807) is 6.92 Å². The number of nitrogens with two attached hydrogens (primary N) is 2. The minimum Gasteiger partial charge on any atom is -0.480 e. The Kier molecular flexibility index (Phi) is 3.31. The van der Waals surface area contributed by atoms with E-state index in [-0.39, 0.29) is 24.4 Å². The van der Waals surface area contributed by atoms with E-state index >= 15 is 0 Å². The van der Waals surface area contributed by atoms with Crippen molar-refractivity contribution < 1.29 is 19.8 Å². The maximum atomic E-state index is 11.9. The highest BCUT2D eigenvalue weighted by Crippen LogP contribution is 2.44. The molecule has 102 valence electrons. The van der Waals surface area contributed by atoms with Crippen molar-refractivity contribution in [1.29, 1.82) is 0 Å². The topological polar surface area (TPSA) is 130 Å². The minimum atomic E-state index is -1.05. The van der Waals surface area contributed by atoms with Crippen LogP contribution in [0.1, 0.15) is 13.3 Å². The Morgan fingerprint density at radius 2 is 2.22 bits per heavy atom. The molecule has 2 rings (SSSR count). The van der Waals surface area contributed by atoms with Gasteiger partial charge in [-0.25, -0.2) is 4.79 Å². The number of aliphatic carboxylic acids is 1. The van der Waals surface area contributed by atoms with Crippen molar-refractivity contribution in [3.63, 3.8) is 0 Å². The first-order chi connectivity index (χ1) is 8.40. The zero-order valence-electron chi connectivity index (χ0n) is 10.2. The molecular weight excluding hydrogens is 238 g/mol. The molecule has 18 heavy (non-hydrogen) atoms. The second kappa shape index (κ2) is 4.49. The van der Waals surface area contributed by atoms with Gasteiger partial charge in [-0.1, -0.05) is 0 Å². The van der Waals surface area contributed by atoms with Crippen LogP contribution in [-0.4, -0.2) is 57.8 Å². The van der Waals surface area contributed by atoms with Crippen LogP contribution in [0.15, 0.2) is 0 Å². The third-order valence-electron chi connectivity index (χ3n) is 4.13. The molecule has 7 nitrogen and oxygen atoms in total. The number of carboxylic acids is 1. The van der Waals surface area contributed by atoms with Crippen molar-refractivity contribution in [2.24, 2.45) is 23.3 Å². The van der Waals surface area contributed by atoms with Gasteiger partial charge in [-0.2, -0.15) is 0 Å². The van der Waals surface area contributed by atoms with E-state index in [0.29, 0.717) is 6.42 Å². The number of hydrogen-bond donors (Lipinski definition) is 4. The number of nitrogens with zero attached hydrogens (tertiary/aromatic N) is 1. The first-order valence-corrected chi connectivity index (χ1v) is 6.08. The predicted octanol–water partition coefficient (Wildman–Crippen LogP) is -2.05. The number of hydrogen-bond acceptors (Lipinski definition) is 5. The van der Waals surface area contributed by atoms with Crippen LogP contribution in [0.2, 0.25) is 0 Å². The maximum Gasteiger partial charge on any atom is 0.326 e. The summed E-state index contributed by atoms with van der Waals surface area (Å²) in [5.74, 6) is -2.19. The molecule has 2 fully saturated rings. The van der Waals surface area contributed by atoms with Crippen LogP contribution < -0.4 is 11.5 Å². The molecular formula is C11H19N3O4. The molecule has 0 aliphatic carbocycles. The Morgan fingerprint density at radius 3 is 2.67 bits per heavy atom. The van der Waals surface area contributed by atoms with E-state index in [9.17, 15) is 19.8 Å². The van der Waals surface area contributed by atoms with Gasteiger partial charge in [-0.3, -0.25) is 4.79 Å². The molecule has 0 aromatic heterocycles. The fraction of sp³-hybridized carbons (Fsp3) is 0.818. The van der Waals surface area contributed by atoms with E-state index in [1.807, 2.05) is 0 Å². The summed E-state index contributed by atoms with van der Waals surface area (Å²) in [6.07, 6.45) is -0.266. The predicted molar refractivity (Wildman–Crippen MR) is 62.4 cm³/mol. The Bertz CT molecular complexity index is 373. The largest absolute Gasteiger partial charge is 0.480 e. The number of carbonyl (C=O) groups is 2. The maximum absolute atomic E-state index is 11.9. The molecule has 0 bridgehead atoms. The van der Waals surface area contributed by atoms with Crippen molar-refractivity contribution in [2.75, 3.05) is 6.54 Å². The summed E-state index contributed by atoms with van der Waals surface area (Å²) in [5, 5.41) is 18.8. The average Bonchev–Trinajstić information content (AvgIpc) is 2.62. The SMILES string of the molecule is C[C@@H](O)[C@H]1C(=O)N2C(C(=O)O)C([C@H](N)CN)C[C@H]12. The van der Waals surface area contributed by atoms with Crippen molar-refractivity contribution in [3.05, 3.63) is 0 Å². The van der Waals surface area contributed by atoms with Gasteiger partial charge in [0.05, 0.1) is 12.0 Å². The highest BCUT2D eigenvalue weighted by Gasteiger charge is 2.61. The van der Waals surface area contributed by atoms with Crippen LogP contribution in [0.3, 0.4) is 0 Å². The summed E-state index contributed by atoms with van der Waals surface area (Å²) in [6.45, 7) is 1.73. The molecule has 2 aliphatic rings. The Morgan fingerprint density at radius 1 is 1.61 bits per heavy atom. The summed E-state index contributed by atoms with van der Waals surface area (Å²) >= 11 is 0. The average molecular weight is 257 g/mol. The van der Waals surface area contributed by atoms with Gasteiger partial charge < -0.3 is 26.6 Å². The Labute approximate surface area is 105 Å². The molecule has 7 heteroatoms. The lowest BCUT2D eigenvalue weighted by atomic mass is 9.83. The van der Waals surface area contributed by atoms with Crippen molar-refractivity contribution in [1.82, 2.24) is 4.90 Å². The fourth-order valence-electron chi connectivity index (χ4n) is 3.22. The number of amides is 1. The monoisotopic (exact) mass is 257 g/mol. The number of carbonyl (C=O) groups excluding carboxylic acids is 1. The van der Waals surface area contributed by atoms with E-state index in [0.717, 1.165) is 0 Å². The Balaban J connectivity index is 2.23. The molecule has 0 saturated carbocycles. The van der Waals surface area contributed by atoms with Gasteiger partial charge in [0.25, 0.3) is 0 Å². The number of rotatable bonds is 4.